The van der Waals surface area contributed by atoms with Crippen LogP contribution >= 0.6 is 23.2 Å². The summed E-state index contributed by atoms with van der Waals surface area (Å²) < 4.78 is 5.38. The van der Waals surface area contributed by atoms with E-state index in [4.69, 9.17) is 33.4 Å². The summed E-state index contributed by atoms with van der Waals surface area (Å²) in [5.41, 5.74) is 5.84. The van der Waals surface area contributed by atoms with Crippen molar-refractivity contribution in [1.82, 2.24) is 4.98 Å². The monoisotopic (exact) mass is 376 g/mol. The van der Waals surface area contributed by atoms with Crippen molar-refractivity contribution in [3.05, 3.63) is 68.8 Å². The lowest BCUT2D eigenvalue weighted by molar-refractivity contribution is 0.254. The number of primary amides is 1. The number of carbonyl (C=O) groups is 1. The van der Waals surface area contributed by atoms with Crippen molar-refractivity contribution in [2.45, 2.75) is 0 Å². The number of para-hydroxylation sites is 1. The molecule has 25 heavy (non-hydrogen) atoms. The number of urea groups is 1. The van der Waals surface area contributed by atoms with E-state index in [1.165, 1.54) is 24.6 Å². The summed E-state index contributed by atoms with van der Waals surface area (Å²) in [6.07, 6.45) is 2.42. The molecule has 0 unspecified atom stereocenters. The first-order chi connectivity index (χ1) is 12.0. The van der Waals surface area contributed by atoms with Gasteiger partial charge in [0.15, 0.2) is 0 Å². The van der Waals surface area contributed by atoms with Crippen LogP contribution in [-0.2, 0) is 0 Å². The summed E-state index contributed by atoms with van der Waals surface area (Å²) in [7, 11) is 0. The predicted molar refractivity (Wildman–Crippen MR) is 96.4 cm³/mol. The molecule has 126 valence electrons. The van der Waals surface area contributed by atoms with E-state index < -0.39 is 6.03 Å². The molecule has 3 aromatic rings. The number of anilines is 1. The number of nitrogens with zero attached hydrogens (tertiary/aromatic N) is 3. The van der Waals surface area contributed by atoms with Gasteiger partial charge in [-0.2, -0.15) is 10.1 Å². The molecule has 0 atom stereocenters. The summed E-state index contributed by atoms with van der Waals surface area (Å²) in [6, 6.07) is 8.61. The number of benzene rings is 1. The second-order valence-corrected chi connectivity index (χ2v) is 5.66. The van der Waals surface area contributed by atoms with E-state index in [9.17, 15) is 9.59 Å². The molecule has 0 fully saturated rings. The largest absolute Gasteiger partial charge is 0.463 e. The molecular formula is C16H10Cl2N4O3. The van der Waals surface area contributed by atoms with Crippen molar-refractivity contribution in [3.8, 4) is 0 Å². The van der Waals surface area contributed by atoms with E-state index in [1.54, 1.807) is 24.3 Å². The number of aromatic nitrogens is 1. The van der Waals surface area contributed by atoms with Crippen molar-refractivity contribution in [2.75, 3.05) is 5.01 Å². The second kappa shape index (κ2) is 6.92. The van der Waals surface area contributed by atoms with Crippen LogP contribution in [0.25, 0.3) is 11.0 Å². The highest BCUT2D eigenvalue weighted by Gasteiger charge is 2.14. The Hall–Kier alpha value is -2.90. The molecule has 2 aromatic heterocycles. The summed E-state index contributed by atoms with van der Waals surface area (Å²) >= 11 is 11.6. The molecule has 0 saturated heterocycles. The Balaban J connectivity index is 2.02. The molecule has 2 N–H and O–H groups in total. The van der Waals surface area contributed by atoms with E-state index in [-0.39, 0.29) is 27.0 Å². The van der Waals surface area contributed by atoms with Crippen LogP contribution in [0.15, 0.2) is 57.0 Å². The van der Waals surface area contributed by atoms with Crippen molar-refractivity contribution >= 4 is 52.1 Å². The fourth-order valence-corrected chi connectivity index (χ4v) is 2.58. The molecule has 0 aliphatic rings. The van der Waals surface area contributed by atoms with Gasteiger partial charge in [0.1, 0.15) is 22.2 Å². The first-order valence-corrected chi connectivity index (χ1v) is 7.68. The van der Waals surface area contributed by atoms with Crippen LogP contribution in [0.5, 0.6) is 0 Å². The van der Waals surface area contributed by atoms with E-state index in [0.717, 1.165) is 5.01 Å². The fourth-order valence-electron chi connectivity index (χ4n) is 2.13. The lowest BCUT2D eigenvalue weighted by atomic mass is 10.2. The minimum atomic E-state index is -0.889. The number of halogens is 2. The van der Waals surface area contributed by atoms with Crippen LogP contribution in [0.2, 0.25) is 10.3 Å². The molecule has 1 aromatic carbocycles. The van der Waals surface area contributed by atoms with Gasteiger partial charge in [0.25, 0.3) is 0 Å². The first-order valence-electron chi connectivity index (χ1n) is 6.93. The number of amides is 2. The van der Waals surface area contributed by atoms with Crippen molar-refractivity contribution in [2.24, 2.45) is 10.8 Å². The Morgan fingerprint density at radius 2 is 1.92 bits per heavy atom. The van der Waals surface area contributed by atoms with Crippen LogP contribution in [0.3, 0.4) is 0 Å². The van der Waals surface area contributed by atoms with Crippen LogP contribution in [-0.4, -0.2) is 17.2 Å². The zero-order valence-corrected chi connectivity index (χ0v) is 14.0. The smallest absolute Gasteiger partial charge is 0.340 e. The minimum Gasteiger partial charge on any atom is -0.463 e. The predicted octanol–water partition coefficient (Wildman–Crippen LogP) is 3.41. The van der Waals surface area contributed by atoms with Gasteiger partial charge in [-0.1, -0.05) is 35.3 Å². The number of nitrogens with two attached hydrogens (primary N) is 1. The summed E-state index contributed by atoms with van der Waals surface area (Å²) in [5, 5.41) is 5.31. The van der Waals surface area contributed by atoms with Crippen LogP contribution in [0, 0.1) is 0 Å². The Kier molecular flexibility index (Phi) is 4.69. The normalized spacial score (nSPS) is 11.1. The highest BCUT2D eigenvalue weighted by atomic mass is 35.5. The first kappa shape index (κ1) is 16.9. The third-order valence-electron chi connectivity index (χ3n) is 3.22. The maximum Gasteiger partial charge on any atom is 0.340 e. The maximum absolute atomic E-state index is 12.4. The van der Waals surface area contributed by atoms with Crippen LogP contribution in [0.1, 0.15) is 5.56 Å². The second-order valence-electron chi connectivity index (χ2n) is 4.88. The molecule has 0 spiro atoms. The molecule has 9 heteroatoms. The number of hydrogen-bond acceptors (Lipinski definition) is 5. The highest BCUT2D eigenvalue weighted by Crippen LogP contribution is 2.22. The third kappa shape index (κ3) is 3.62. The fraction of sp³-hybridized carbons (Fsp3) is 0. The van der Waals surface area contributed by atoms with E-state index >= 15 is 0 Å². The zero-order chi connectivity index (χ0) is 18.0. The quantitative estimate of drug-likeness (QED) is 0.429. The minimum absolute atomic E-state index is 0.0640. The number of hydrogen-bond donors (Lipinski definition) is 1. The maximum atomic E-state index is 12.4. The van der Waals surface area contributed by atoms with Gasteiger partial charge >= 0.3 is 6.03 Å². The van der Waals surface area contributed by atoms with Gasteiger partial charge in [0, 0.05) is 12.1 Å². The molecule has 0 radical (unpaired) electrons. The highest BCUT2D eigenvalue weighted by molar-refractivity contribution is 6.33. The van der Waals surface area contributed by atoms with Crippen molar-refractivity contribution < 1.29 is 9.21 Å². The van der Waals surface area contributed by atoms with Crippen molar-refractivity contribution in [3.63, 3.8) is 0 Å². The number of pyridine rings is 1. The van der Waals surface area contributed by atoms with Gasteiger partial charge in [-0.05, 0) is 12.1 Å². The average Bonchev–Trinajstić information content (AvgIpc) is 2.56. The number of hydrazone groups is 1. The Morgan fingerprint density at radius 3 is 2.60 bits per heavy atom. The van der Waals surface area contributed by atoms with Gasteiger partial charge in [0.05, 0.1) is 22.9 Å². The SMILES string of the molecule is NC(=O)N(/N=C\c1coc2ccccc2c1=O)c1cc(Cl)nc(Cl)c1. The zero-order valence-electron chi connectivity index (χ0n) is 12.5. The molecule has 3 rings (SSSR count). The Morgan fingerprint density at radius 1 is 1.24 bits per heavy atom. The summed E-state index contributed by atoms with van der Waals surface area (Å²) in [4.78, 5) is 27.9. The third-order valence-corrected chi connectivity index (χ3v) is 3.61. The molecule has 7 nitrogen and oxygen atoms in total. The molecule has 0 bridgehead atoms. The summed E-state index contributed by atoms with van der Waals surface area (Å²) in [6.45, 7) is 0. The van der Waals surface area contributed by atoms with Gasteiger partial charge in [0.2, 0.25) is 5.43 Å². The van der Waals surface area contributed by atoms with Crippen molar-refractivity contribution in [1.29, 1.82) is 0 Å². The molecule has 0 saturated carbocycles. The Labute approximate surface area is 151 Å². The lowest BCUT2D eigenvalue weighted by Gasteiger charge is -2.14. The average molecular weight is 377 g/mol. The number of carbonyl (C=O) groups excluding carboxylic acids is 1. The van der Waals surface area contributed by atoms with Gasteiger partial charge in [-0.3, -0.25) is 4.79 Å². The molecule has 2 amide bonds. The molecule has 2 heterocycles. The Bertz CT molecular complexity index is 1030. The van der Waals surface area contributed by atoms with Gasteiger partial charge in [-0.25, -0.2) is 9.78 Å². The van der Waals surface area contributed by atoms with E-state index in [1.807, 2.05) is 0 Å². The van der Waals surface area contributed by atoms with Crippen LogP contribution in [0.4, 0.5) is 10.5 Å². The lowest BCUT2D eigenvalue weighted by Crippen LogP contribution is -2.31. The molecular weight excluding hydrogens is 367 g/mol. The standard InChI is InChI=1S/C16H10Cl2N4O3/c17-13-5-10(6-14(18)21-13)22(16(19)24)20-7-9-8-25-12-4-2-1-3-11(12)15(9)23/h1-8H,(H2,19,24)/b20-7-. The van der Waals surface area contributed by atoms with E-state index in [2.05, 4.69) is 10.1 Å². The topological polar surface area (TPSA) is 102 Å². The molecule has 0 aliphatic carbocycles. The number of rotatable bonds is 3. The van der Waals surface area contributed by atoms with Crippen LogP contribution < -0.4 is 16.2 Å². The van der Waals surface area contributed by atoms with Gasteiger partial charge < -0.3 is 10.2 Å². The molecule has 0 aliphatic heterocycles. The number of fused-ring (bicyclic) bond motifs is 1. The summed E-state index contributed by atoms with van der Waals surface area (Å²) in [5.74, 6) is 0. The van der Waals surface area contributed by atoms with Gasteiger partial charge in [-0.15, -0.1) is 0 Å². The van der Waals surface area contributed by atoms with E-state index in [0.29, 0.717) is 11.0 Å².